The lowest BCUT2D eigenvalue weighted by Crippen LogP contribution is -2.39. The predicted octanol–water partition coefficient (Wildman–Crippen LogP) is 1.75. The summed E-state index contributed by atoms with van der Waals surface area (Å²) in [5.74, 6) is -0.182. The van der Waals surface area contributed by atoms with Crippen LogP contribution in [-0.2, 0) is 16.0 Å². The van der Waals surface area contributed by atoms with Crippen LogP contribution in [0, 0.1) is 0 Å². The number of nitrogens with zero attached hydrogens (tertiary/aromatic N) is 1. The number of benzene rings is 1. The highest BCUT2D eigenvalue weighted by Gasteiger charge is 2.30. The van der Waals surface area contributed by atoms with E-state index in [9.17, 15) is 14.7 Å². The van der Waals surface area contributed by atoms with Crippen LogP contribution in [0.25, 0.3) is 0 Å². The van der Waals surface area contributed by atoms with Crippen molar-refractivity contribution >= 4 is 11.9 Å². The molecule has 7 nitrogen and oxygen atoms in total. The van der Waals surface area contributed by atoms with E-state index >= 15 is 0 Å². The van der Waals surface area contributed by atoms with Crippen LogP contribution in [-0.4, -0.2) is 55.8 Å². The van der Waals surface area contributed by atoms with Crippen molar-refractivity contribution in [2.24, 2.45) is 0 Å². The molecule has 0 atom stereocenters. The van der Waals surface area contributed by atoms with E-state index in [-0.39, 0.29) is 35.5 Å². The predicted molar refractivity (Wildman–Crippen MR) is 86.7 cm³/mol. The minimum absolute atomic E-state index is 0.108. The zero-order valence-electron chi connectivity index (χ0n) is 14.3. The standard InChI is InChI=1S/C17H23NO6/c1-4-9-24-14(19)6-8-18-7-5-11-12(17(18)21)10-13(22-2)15(20)16(11)23-3/h10,20H,4-9H2,1-3H3. The first-order valence-electron chi connectivity index (χ1n) is 7.95. The zero-order chi connectivity index (χ0) is 17.7. The lowest BCUT2D eigenvalue weighted by molar-refractivity contribution is -0.143. The Morgan fingerprint density at radius 3 is 2.71 bits per heavy atom. The second-order valence-electron chi connectivity index (χ2n) is 5.50. The molecule has 1 aromatic carbocycles. The fourth-order valence-corrected chi connectivity index (χ4v) is 2.72. The molecule has 0 bridgehead atoms. The number of hydrogen-bond acceptors (Lipinski definition) is 6. The van der Waals surface area contributed by atoms with Gasteiger partial charge in [0.15, 0.2) is 11.5 Å². The van der Waals surface area contributed by atoms with Gasteiger partial charge < -0.3 is 24.2 Å². The van der Waals surface area contributed by atoms with Crippen LogP contribution < -0.4 is 9.47 Å². The number of rotatable bonds is 7. The van der Waals surface area contributed by atoms with E-state index in [4.69, 9.17) is 14.2 Å². The lowest BCUT2D eigenvalue weighted by Gasteiger charge is -2.30. The smallest absolute Gasteiger partial charge is 0.307 e. The van der Waals surface area contributed by atoms with Gasteiger partial charge >= 0.3 is 5.97 Å². The monoisotopic (exact) mass is 337 g/mol. The van der Waals surface area contributed by atoms with Gasteiger partial charge in [-0.2, -0.15) is 0 Å². The number of aromatic hydroxyl groups is 1. The van der Waals surface area contributed by atoms with E-state index < -0.39 is 0 Å². The Balaban J connectivity index is 2.16. The van der Waals surface area contributed by atoms with Crippen LogP contribution in [0.15, 0.2) is 6.07 Å². The van der Waals surface area contributed by atoms with E-state index in [1.807, 2.05) is 6.92 Å². The summed E-state index contributed by atoms with van der Waals surface area (Å²) in [4.78, 5) is 25.9. The molecule has 0 unspecified atom stereocenters. The third-order valence-corrected chi connectivity index (χ3v) is 3.95. The number of phenols is 1. The quantitative estimate of drug-likeness (QED) is 0.763. The van der Waals surface area contributed by atoms with Crippen molar-refractivity contribution in [3.05, 3.63) is 17.2 Å². The topological polar surface area (TPSA) is 85.3 Å². The maximum atomic E-state index is 12.7. The number of hydrogen-bond donors (Lipinski definition) is 1. The molecule has 0 fully saturated rings. The molecule has 1 N–H and O–H groups in total. The van der Waals surface area contributed by atoms with E-state index in [0.717, 1.165) is 6.42 Å². The highest BCUT2D eigenvalue weighted by Crippen LogP contribution is 2.42. The summed E-state index contributed by atoms with van der Waals surface area (Å²) in [6, 6.07) is 1.51. The molecule has 1 aliphatic heterocycles. The molecule has 2 rings (SSSR count). The number of fused-ring (bicyclic) bond motifs is 1. The van der Waals surface area contributed by atoms with Crippen LogP contribution in [0.2, 0.25) is 0 Å². The van der Waals surface area contributed by atoms with Crippen molar-refractivity contribution in [1.29, 1.82) is 0 Å². The molecule has 132 valence electrons. The molecule has 0 spiro atoms. The van der Waals surface area contributed by atoms with Crippen molar-refractivity contribution in [3.63, 3.8) is 0 Å². The van der Waals surface area contributed by atoms with E-state index in [0.29, 0.717) is 37.2 Å². The number of carbonyl (C=O) groups excluding carboxylic acids is 2. The highest BCUT2D eigenvalue weighted by atomic mass is 16.5. The van der Waals surface area contributed by atoms with Crippen LogP contribution in [0.5, 0.6) is 17.2 Å². The molecular weight excluding hydrogens is 314 g/mol. The van der Waals surface area contributed by atoms with Crippen molar-refractivity contribution in [2.75, 3.05) is 33.9 Å². The van der Waals surface area contributed by atoms with Crippen LogP contribution >= 0.6 is 0 Å². The second kappa shape index (κ2) is 7.90. The summed E-state index contributed by atoms with van der Waals surface area (Å²) in [6.45, 7) is 3.07. The van der Waals surface area contributed by atoms with Crippen LogP contribution in [0.1, 0.15) is 35.7 Å². The van der Waals surface area contributed by atoms with Gasteiger partial charge in [-0.3, -0.25) is 9.59 Å². The molecule has 24 heavy (non-hydrogen) atoms. The van der Waals surface area contributed by atoms with Gasteiger partial charge in [-0.05, 0) is 18.9 Å². The van der Waals surface area contributed by atoms with Gasteiger partial charge in [-0.25, -0.2) is 0 Å². The fourth-order valence-electron chi connectivity index (χ4n) is 2.72. The number of amides is 1. The van der Waals surface area contributed by atoms with Crippen LogP contribution in [0.4, 0.5) is 0 Å². The Kier molecular flexibility index (Phi) is 5.89. The minimum Gasteiger partial charge on any atom is -0.502 e. The zero-order valence-corrected chi connectivity index (χ0v) is 14.3. The number of methoxy groups -OCH3 is 2. The van der Waals surface area contributed by atoms with Gasteiger partial charge in [0, 0.05) is 18.7 Å². The first-order valence-corrected chi connectivity index (χ1v) is 7.95. The summed E-state index contributed by atoms with van der Waals surface area (Å²) in [7, 11) is 2.85. The summed E-state index contributed by atoms with van der Waals surface area (Å²) >= 11 is 0. The van der Waals surface area contributed by atoms with Gasteiger partial charge in [-0.15, -0.1) is 0 Å². The van der Waals surface area contributed by atoms with Crippen LogP contribution in [0.3, 0.4) is 0 Å². The normalized spacial score (nSPS) is 13.5. The largest absolute Gasteiger partial charge is 0.502 e. The molecule has 0 saturated carbocycles. The fraction of sp³-hybridized carbons (Fsp3) is 0.529. The summed E-state index contributed by atoms with van der Waals surface area (Å²) < 4.78 is 15.4. The van der Waals surface area contributed by atoms with Gasteiger partial charge in [0.1, 0.15) is 0 Å². The van der Waals surface area contributed by atoms with E-state index in [2.05, 4.69) is 0 Å². The van der Waals surface area contributed by atoms with Gasteiger partial charge in [0.2, 0.25) is 5.75 Å². The number of phenolic OH excluding ortho intramolecular Hbond substituents is 1. The summed E-state index contributed by atoms with van der Waals surface area (Å²) in [5.41, 5.74) is 1.08. The van der Waals surface area contributed by atoms with Crippen molar-refractivity contribution in [3.8, 4) is 17.2 Å². The second-order valence-corrected chi connectivity index (χ2v) is 5.50. The Morgan fingerprint density at radius 2 is 2.08 bits per heavy atom. The van der Waals surface area contributed by atoms with Crippen molar-refractivity contribution in [1.82, 2.24) is 4.90 Å². The molecular formula is C17H23NO6. The first kappa shape index (κ1) is 17.9. The van der Waals surface area contributed by atoms with Gasteiger partial charge in [0.25, 0.3) is 5.91 Å². The van der Waals surface area contributed by atoms with E-state index in [1.54, 1.807) is 4.90 Å². The third-order valence-electron chi connectivity index (χ3n) is 3.95. The minimum atomic E-state index is -0.309. The van der Waals surface area contributed by atoms with E-state index in [1.165, 1.54) is 20.3 Å². The highest BCUT2D eigenvalue weighted by molar-refractivity contribution is 5.98. The molecule has 0 aliphatic carbocycles. The molecule has 1 aliphatic rings. The summed E-state index contributed by atoms with van der Waals surface area (Å²) in [5, 5.41) is 10.1. The molecule has 0 radical (unpaired) electrons. The first-order chi connectivity index (χ1) is 11.5. The van der Waals surface area contributed by atoms with Gasteiger partial charge in [-0.1, -0.05) is 6.92 Å². The maximum Gasteiger partial charge on any atom is 0.307 e. The average molecular weight is 337 g/mol. The average Bonchev–Trinajstić information content (AvgIpc) is 2.59. The lowest BCUT2D eigenvalue weighted by atomic mass is 9.96. The molecule has 7 heteroatoms. The molecule has 0 saturated heterocycles. The molecule has 0 aromatic heterocycles. The Morgan fingerprint density at radius 1 is 1.33 bits per heavy atom. The maximum absolute atomic E-state index is 12.7. The third kappa shape index (κ3) is 3.55. The number of esters is 1. The summed E-state index contributed by atoms with van der Waals surface area (Å²) in [6.07, 6.45) is 1.46. The molecule has 1 heterocycles. The SMILES string of the molecule is CCCOC(=O)CCN1CCc2c(cc(OC)c(O)c2OC)C1=O. The van der Waals surface area contributed by atoms with Gasteiger partial charge in [0.05, 0.1) is 32.8 Å². The van der Waals surface area contributed by atoms with Crippen molar-refractivity contribution < 1.29 is 28.9 Å². The Hall–Kier alpha value is -2.44. The molecule has 1 amide bonds. The Bertz CT molecular complexity index is 628. The number of carbonyl (C=O) groups is 2. The van der Waals surface area contributed by atoms with Crippen molar-refractivity contribution in [2.45, 2.75) is 26.2 Å². The molecule has 1 aromatic rings. The Labute approximate surface area is 141 Å². The number of ether oxygens (including phenoxy) is 3.